The fourth-order valence-electron chi connectivity index (χ4n) is 1.57. The van der Waals surface area contributed by atoms with Crippen LogP contribution in [-0.2, 0) is 15.6 Å². The summed E-state index contributed by atoms with van der Waals surface area (Å²) in [5, 5.41) is 8.83. The highest BCUT2D eigenvalue weighted by atomic mass is 35.5. The molecule has 1 heterocycles. The zero-order valence-electron chi connectivity index (χ0n) is 9.84. The molecule has 0 saturated heterocycles. The van der Waals surface area contributed by atoms with Crippen molar-refractivity contribution in [2.24, 2.45) is 0 Å². The first-order valence-electron chi connectivity index (χ1n) is 5.29. The second-order valence-corrected chi connectivity index (χ2v) is 7.67. The van der Waals surface area contributed by atoms with Gasteiger partial charge in [0.05, 0.1) is 15.7 Å². The van der Waals surface area contributed by atoms with Crippen molar-refractivity contribution in [1.29, 1.82) is 0 Å². The summed E-state index contributed by atoms with van der Waals surface area (Å²) in [6.07, 6.45) is 0. The summed E-state index contributed by atoms with van der Waals surface area (Å²) in [5.41, 5.74) is -0.283. The summed E-state index contributed by atoms with van der Waals surface area (Å²) in [5.74, 6) is -2.72. The molecule has 20 heavy (non-hydrogen) atoms. The topological polar surface area (TPSA) is 71.4 Å². The van der Waals surface area contributed by atoms with Crippen LogP contribution in [0, 0.1) is 5.82 Å². The van der Waals surface area contributed by atoms with Crippen LogP contribution in [-0.4, -0.2) is 19.5 Å². The van der Waals surface area contributed by atoms with Crippen molar-refractivity contribution >= 4 is 38.7 Å². The molecule has 0 amide bonds. The molecule has 0 aliphatic rings. The highest BCUT2D eigenvalue weighted by Gasteiger charge is 2.22. The number of benzene rings is 1. The largest absolute Gasteiger partial charge is 0.478 e. The molecule has 0 radical (unpaired) electrons. The van der Waals surface area contributed by atoms with E-state index in [4.69, 9.17) is 16.7 Å². The van der Waals surface area contributed by atoms with E-state index in [1.807, 2.05) is 0 Å². The Morgan fingerprint density at radius 1 is 1.30 bits per heavy atom. The van der Waals surface area contributed by atoms with Crippen molar-refractivity contribution in [3.05, 3.63) is 50.9 Å². The van der Waals surface area contributed by atoms with E-state index < -0.39 is 32.3 Å². The predicted molar refractivity (Wildman–Crippen MR) is 73.6 cm³/mol. The molecule has 4 nitrogen and oxygen atoms in total. The van der Waals surface area contributed by atoms with Gasteiger partial charge in [0.15, 0.2) is 9.84 Å². The second kappa shape index (κ2) is 5.51. The first kappa shape index (κ1) is 15.0. The summed E-state index contributed by atoms with van der Waals surface area (Å²) in [7, 11) is -3.97. The van der Waals surface area contributed by atoms with Gasteiger partial charge in [0.2, 0.25) is 0 Å². The van der Waals surface area contributed by atoms with Gasteiger partial charge in [0.1, 0.15) is 10.7 Å². The van der Waals surface area contributed by atoms with Gasteiger partial charge in [-0.3, -0.25) is 0 Å². The molecule has 0 saturated carbocycles. The maximum Gasteiger partial charge on any atom is 0.335 e. The van der Waals surface area contributed by atoms with Crippen LogP contribution in [0.3, 0.4) is 0 Å². The molecule has 0 spiro atoms. The normalized spacial score (nSPS) is 11.5. The van der Waals surface area contributed by atoms with E-state index in [0.29, 0.717) is 9.21 Å². The molecule has 1 aromatic carbocycles. The predicted octanol–water partition coefficient (Wildman–Crippen LogP) is 3.21. The van der Waals surface area contributed by atoms with Crippen LogP contribution in [0.4, 0.5) is 4.39 Å². The number of carboxylic acid groups (broad SMARTS) is 1. The lowest BCUT2D eigenvalue weighted by Gasteiger charge is -2.05. The van der Waals surface area contributed by atoms with Crippen molar-refractivity contribution in [3.63, 3.8) is 0 Å². The van der Waals surface area contributed by atoms with Crippen molar-refractivity contribution < 1.29 is 22.7 Å². The standard InChI is InChI=1S/C12H8ClFO4S2/c13-11-4-2-8(19-11)6-20(17,18)10-5-7(12(15)16)1-3-9(10)14/h1-5H,6H2,(H,15,16). The molecule has 8 heteroatoms. The number of carboxylic acids is 1. The third kappa shape index (κ3) is 3.17. The molecule has 0 unspecified atom stereocenters. The third-order valence-electron chi connectivity index (χ3n) is 2.47. The molecule has 0 aliphatic heterocycles. The van der Waals surface area contributed by atoms with Crippen LogP contribution in [0.5, 0.6) is 0 Å². The SMILES string of the molecule is O=C(O)c1ccc(F)c(S(=O)(=O)Cc2ccc(Cl)s2)c1. The molecule has 1 aromatic heterocycles. The van der Waals surface area contributed by atoms with Gasteiger partial charge in [0, 0.05) is 4.88 Å². The summed E-state index contributed by atoms with van der Waals surface area (Å²) < 4.78 is 38.3. The molecule has 0 fully saturated rings. The van der Waals surface area contributed by atoms with E-state index in [1.165, 1.54) is 6.07 Å². The smallest absolute Gasteiger partial charge is 0.335 e. The van der Waals surface area contributed by atoms with Crippen LogP contribution < -0.4 is 0 Å². The van der Waals surface area contributed by atoms with Crippen LogP contribution in [0.1, 0.15) is 15.2 Å². The molecule has 2 aromatic rings. The summed E-state index contributed by atoms with van der Waals surface area (Å²) >= 11 is 6.78. The van der Waals surface area contributed by atoms with Gasteiger partial charge in [-0.1, -0.05) is 11.6 Å². The third-order valence-corrected chi connectivity index (χ3v) is 5.56. The molecular formula is C12H8ClFO4S2. The minimum Gasteiger partial charge on any atom is -0.478 e. The average molecular weight is 335 g/mol. The first-order chi connectivity index (χ1) is 9.29. The van der Waals surface area contributed by atoms with Crippen molar-refractivity contribution in [2.45, 2.75) is 10.6 Å². The molecular weight excluding hydrogens is 327 g/mol. The lowest BCUT2D eigenvalue weighted by molar-refractivity contribution is 0.0696. The van der Waals surface area contributed by atoms with E-state index in [-0.39, 0.29) is 5.56 Å². The van der Waals surface area contributed by atoms with E-state index >= 15 is 0 Å². The van der Waals surface area contributed by atoms with E-state index in [9.17, 15) is 17.6 Å². The number of carbonyl (C=O) groups is 1. The molecule has 0 bridgehead atoms. The summed E-state index contributed by atoms with van der Waals surface area (Å²) in [4.78, 5) is 10.7. The maximum absolute atomic E-state index is 13.6. The molecule has 106 valence electrons. The zero-order valence-corrected chi connectivity index (χ0v) is 12.2. The van der Waals surface area contributed by atoms with Crippen LogP contribution in [0.25, 0.3) is 0 Å². The monoisotopic (exact) mass is 334 g/mol. The molecule has 1 N–H and O–H groups in total. The number of aromatic carboxylic acids is 1. The Morgan fingerprint density at radius 2 is 2.00 bits per heavy atom. The van der Waals surface area contributed by atoms with E-state index in [2.05, 4.69) is 0 Å². The maximum atomic E-state index is 13.6. The Hall–Kier alpha value is -1.44. The molecule has 0 aliphatic carbocycles. The van der Waals surface area contributed by atoms with E-state index in [1.54, 1.807) is 6.07 Å². The zero-order chi connectivity index (χ0) is 14.9. The number of sulfone groups is 1. The molecule has 0 atom stereocenters. The lowest BCUT2D eigenvalue weighted by Crippen LogP contribution is -2.08. The van der Waals surface area contributed by atoms with Gasteiger partial charge in [0.25, 0.3) is 0 Å². The minimum atomic E-state index is -3.97. The van der Waals surface area contributed by atoms with Gasteiger partial charge in [-0.25, -0.2) is 17.6 Å². The number of hydrogen-bond donors (Lipinski definition) is 1. The van der Waals surface area contributed by atoms with Crippen LogP contribution in [0.2, 0.25) is 4.34 Å². The Labute approximate surface area is 123 Å². The second-order valence-electron chi connectivity index (χ2n) is 3.92. The highest BCUT2D eigenvalue weighted by molar-refractivity contribution is 7.90. The number of hydrogen-bond acceptors (Lipinski definition) is 4. The highest BCUT2D eigenvalue weighted by Crippen LogP contribution is 2.27. The summed E-state index contributed by atoms with van der Waals surface area (Å²) in [6, 6.07) is 5.74. The van der Waals surface area contributed by atoms with Gasteiger partial charge in [-0.05, 0) is 30.3 Å². The van der Waals surface area contributed by atoms with Gasteiger partial charge in [-0.2, -0.15) is 0 Å². The van der Waals surface area contributed by atoms with Crippen molar-refractivity contribution in [3.8, 4) is 0 Å². The van der Waals surface area contributed by atoms with Gasteiger partial charge >= 0.3 is 5.97 Å². The molecule has 2 rings (SSSR count). The number of halogens is 2. The quantitative estimate of drug-likeness (QED) is 0.932. The average Bonchev–Trinajstić information content (AvgIpc) is 2.73. The Bertz CT molecular complexity index is 768. The fourth-order valence-corrected chi connectivity index (χ4v) is 4.45. The lowest BCUT2D eigenvalue weighted by atomic mass is 10.2. The van der Waals surface area contributed by atoms with Crippen molar-refractivity contribution in [1.82, 2.24) is 0 Å². The number of thiophene rings is 1. The van der Waals surface area contributed by atoms with Crippen LogP contribution in [0.15, 0.2) is 35.2 Å². The minimum absolute atomic E-state index is 0.283. The van der Waals surface area contributed by atoms with Gasteiger partial charge in [-0.15, -0.1) is 11.3 Å². The van der Waals surface area contributed by atoms with E-state index in [0.717, 1.165) is 29.5 Å². The van der Waals surface area contributed by atoms with Gasteiger partial charge < -0.3 is 5.11 Å². The Kier molecular flexibility index (Phi) is 4.12. The summed E-state index contributed by atoms with van der Waals surface area (Å²) in [6.45, 7) is 0. The van der Waals surface area contributed by atoms with Crippen LogP contribution >= 0.6 is 22.9 Å². The fraction of sp³-hybridized carbons (Fsp3) is 0.0833. The number of rotatable bonds is 4. The first-order valence-corrected chi connectivity index (χ1v) is 8.14. The van der Waals surface area contributed by atoms with Crippen molar-refractivity contribution in [2.75, 3.05) is 0 Å². The Morgan fingerprint density at radius 3 is 2.55 bits per heavy atom. The Balaban J connectivity index is 2.43.